The summed E-state index contributed by atoms with van der Waals surface area (Å²) < 4.78 is 11.4. The lowest BCUT2D eigenvalue weighted by molar-refractivity contribution is -0.284. The van der Waals surface area contributed by atoms with Gasteiger partial charge in [0.05, 0.1) is 23.7 Å². The van der Waals surface area contributed by atoms with Crippen LogP contribution in [-0.4, -0.2) is 52.0 Å². The van der Waals surface area contributed by atoms with E-state index < -0.39 is 41.4 Å². The Kier molecular flexibility index (Phi) is 6.01. The van der Waals surface area contributed by atoms with Crippen LogP contribution in [0.15, 0.2) is 0 Å². The van der Waals surface area contributed by atoms with E-state index in [0.717, 1.165) is 0 Å². The fraction of sp³-hybridized carbons (Fsp3) is 0.938. The molecule has 0 bridgehead atoms. The average Bonchev–Trinajstić information content (AvgIpc) is 2.34. The maximum atomic E-state index is 11.3. The molecule has 0 aromatic rings. The molecular weight excluding hydrogens is 288 g/mol. The highest BCUT2D eigenvalue weighted by Crippen LogP contribution is 2.38. The van der Waals surface area contributed by atoms with Gasteiger partial charge in [-0.3, -0.25) is 4.79 Å². The van der Waals surface area contributed by atoms with Gasteiger partial charge in [-0.1, -0.05) is 13.8 Å². The zero-order chi connectivity index (χ0) is 17.3. The highest BCUT2D eigenvalue weighted by atomic mass is 16.7. The molecule has 5 atom stereocenters. The molecule has 0 aromatic heterocycles. The van der Waals surface area contributed by atoms with Gasteiger partial charge in [0.25, 0.3) is 0 Å². The second kappa shape index (κ2) is 6.83. The second-order valence-electron chi connectivity index (χ2n) is 7.71. The Morgan fingerprint density at radius 2 is 1.82 bits per heavy atom. The first-order valence-corrected chi connectivity index (χ1v) is 7.77. The number of carboxylic acid groups (broad SMARTS) is 1. The highest BCUT2D eigenvalue weighted by Gasteiger charge is 2.41. The van der Waals surface area contributed by atoms with Gasteiger partial charge in [-0.2, -0.15) is 0 Å². The normalized spacial score (nSPS) is 31.8. The quantitative estimate of drug-likeness (QED) is 0.691. The molecule has 1 rings (SSSR count). The maximum Gasteiger partial charge on any atom is 0.309 e. The number of carboxylic acids is 1. The third-order valence-electron chi connectivity index (χ3n) is 4.60. The van der Waals surface area contributed by atoms with E-state index in [1.165, 1.54) is 0 Å². The minimum atomic E-state index is -0.892. The summed E-state index contributed by atoms with van der Waals surface area (Å²) >= 11 is 0. The number of rotatable bonds is 6. The number of aliphatic carboxylic acids is 1. The Labute approximate surface area is 132 Å². The maximum absolute atomic E-state index is 11.3. The predicted molar refractivity (Wildman–Crippen MR) is 81.3 cm³/mol. The summed E-state index contributed by atoms with van der Waals surface area (Å²) in [4.78, 5) is 11.3. The molecule has 1 aliphatic heterocycles. The van der Waals surface area contributed by atoms with E-state index in [-0.39, 0.29) is 12.5 Å². The third kappa shape index (κ3) is 4.65. The number of hydrogen-bond acceptors (Lipinski definition) is 5. The Morgan fingerprint density at radius 3 is 2.32 bits per heavy atom. The Balaban J connectivity index is 2.70. The van der Waals surface area contributed by atoms with Crippen molar-refractivity contribution in [3.05, 3.63) is 0 Å². The smallest absolute Gasteiger partial charge is 0.309 e. The molecule has 0 amide bonds. The Hall–Kier alpha value is -0.690. The minimum absolute atomic E-state index is 0.208. The van der Waals surface area contributed by atoms with Gasteiger partial charge in [-0.25, -0.2) is 0 Å². The van der Waals surface area contributed by atoms with E-state index in [9.17, 15) is 20.1 Å². The zero-order valence-electron chi connectivity index (χ0n) is 14.4. The van der Waals surface area contributed by atoms with Crippen molar-refractivity contribution in [1.82, 2.24) is 0 Å². The fourth-order valence-corrected chi connectivity index (χ4v) is 2.81. The molecule has 4 unspecified atom stereocenters. The Bertz CT molecular complexity index is 392. The monoisotopic (exact) mass is 318 g/mol. The number of ether oxygens (including phenoxy) is 2. The zero-order valence-corrected chi connectivity index (χ0v) is 14.4. The van der Waals surface area contributed by atoms with Gasteiger partial charge >= 0.3 is 5.97 Å². The van der Waals surface area contributed by atoms with Crippen molar-refractivity contribution >= 4 is 5.97 Å². The van der Waals surface area contributed by atoms with Gasteiger partial charge in [-0.15, -0.1) is 0 Å². The second-order valence-corrected chi connectivity index (χ2v) is 7.71. The summed E-state index contributed by atoms with van der Waals surface area (Å²) in [7, 11) is 0. The van der Waals surface area contributed by atoms with Crippen LogP contribution in [0.2, 0.25) is 0 Å². The molecule has 0 saturated carbocycles. The van der Waals surface area contributed by atoms with Crippen molar-refractivity contribution in [2.75, 3.05) is 0 Å². The van der Waals surface area contributed by atoms with Gasteiger partial charge in [0.2, 0.25) is 0 Å². The van der Waals surface area contributed by atoms with Crippen molar-refractivity contribution in [2.45, 2.75) is 85.1 Å². The van der Waals surface area contributed by atoms with Crippen LogP contribution >= 0.6 is 0 Å². The standard InChI is InChI=1S/C16H30O6/c1-9-11(17)7-12(18)13(21-9)22-10(2)15(3,4)8-16(5,6)14(19)20/h9-13,17-18H,7-8H2,1-6H3,(H,19,20)/t9?,10-,11?,12?,13?/m1/s1. The van der Waals surface area contributed by atoms with Gasteiger partial charge < -0.3 is 24.8 Å². The molecule has 0 radical (unpaired) electrons. The molecule has 3 N–H and O–H groups in total. The highest BCUT2D eigenvalue weighted by molar-refractivity contribution is 5.73. The summed E-state index contributed by atoms with van der Waals surface area (Å²) in [5.41, 5.74) is -1.28. The Morgan fingerprint density at radius 1 is 1.27 bits per heavy atom. The predicted octanol–water partition coefficient (Wildman–Crippen LogP) is 1.78. The number of hydrogen-bond donors (Lipinski definition) is 3. The first kappa shape index (κ1) is 19.4. The van der Waals surface area contributed by atoms with Gasteiger partial charge in [0.1, 0.15) is 6.10 Å². The average molecular weight is 318 g/mol. The minimum Gasteiger partial charge on any atom is -0.481 e. The molecule has 1 aliphatic rings. The van der Waals surface area contributed by atoms with Crippen LogP contribution in [0.4, 0.5) is 0 Å². The SMILES string of the molecule is CC1OC(O[C@H](C)C(C)(C)CC(C)(C)C(=O)O)C(O)CC1O. The first-order chi connectivity index (χ1) is 9.86. The summed E-state index contributed by atoms with van der Waals surface area (Å²) in [5.74, 6) is -0.849. The molecule has 130 valence electrons. The lowest BCUT2D eigenvalue weighted by atomic mass is 9.72. The van der Waals surface area contributed by atoms with Crippen molar-refractivity contribution in [3.8, 4) is 0 Å². The molecule has 22 heavy (non-hydrogen) atoms. The lowest BCUT2D eigenvalue weighted by Gasteiger charge is -2.41. The van der Waals surface area contributed by atoms with Crippen LogP contribution < -0.4 is 0 Å². The van der Waals surface area contributed by atoms with E-state index in [0.29, 0.717) is 6.42 Å². The molecule has 6 heteroatoms. The van der Waals surface area contributed by atoms with Crippen LogP contribution in [0.3, 0.4) is 0 Å². The van der Waals surface area contributed by atoms with Crippen molar-refractivity contribution in [2.24, 2.45) is 10.8 Å². The lowest BCUT2D eigenvalue weighted by Crippen LogP contribution is -2.50. The number of aliphatic hydroxyl groups is 2. The third-order valence-corrected chi connectivity index (χ3v) is 4.60. The van der Waals surface area contributed by atoms with Crippen molar-refractivity contribution in [3.63, 3.8) is 0 Å². The molecule has 6 nitrogen and oxygen atoms in total. The summed E-state index contributed by atoms with van der Waals surface area (Å²) in [6, 6.07) is 0. The molecular formula is C16H30O6. The van der Waals surface area contributed by atoms with Crippen LogP contribution in [0.25, 0.3) is 0 Å². The molecule has 1 fully saturated rings. The fourth-order valence-electron chi connectivity index (χ4n) is 2.81. The van der Waals surface area contributed by atoms with Crippen molar-refractivity contribution < 1.29 is 29.6 Å². The van der Waals surface area contributed by atoms with Crippen LogP contribution in [0.1, 0.15) is 54.4 Å². The summed E-state index contributed by atoms with van der Waals surface area (Å²) in [5, 5.41) is 28.9. The van der Waals surface area contributed by atoms with Crippen LogP contribution in [0, 0.1) is 10.8 Å². The van der Waals surface area contributed by atoms with E-state index in [2.05, 4.69) is 0 Å². The molecule has 1 heterocycles. The summed E-state index contributed by atoms with van der Waals surface area (Å²) in [6.45, 7) is 10.8. The topological polar surface area (TPSA) is 96.2 Å². The van der Waals surface area contributed by atoms with E-state index in [1.807, 2.05) is 20.8 Å². The van der Waals surface area contributed by atoms with Gasteiger partial charge in [-0.05, 0) is 39.5 Å². The number of aliphatic hydroxyl groups excluding tert-OH is 2. The van der Waals surface area contributed by atoms with Crippen LogP contribution in [-0.2, 0) is 14.3 Å². The summed E-state index contributed by atoms with van der Waals surface area (Å²) in [6.07, 6.45) is -2.48. The molecule has 0 aliphatic carbocycles. The molecule has 0 spiro atoms. The molecule has 0 aromatic carbocycles. The van der Waals surface area contributed by atoms with E-state index in [1.54, 1.807) is 20.8 Å². The number of carbonyl (C=O) groups is 1. The van der Waals surface area contributed by atoms with E-state index >= 15 is 0 Å². The first-order valence-electron chi connectivity index (χ1n) is 7.77. The molecule has 1 saturated heterocycles. The largest absolute Gasteiger partial charge is 0.481 e. The van der Waals surface area contributed by atoms with Gasteiger partial charge in [0, 0.05) is 6.42 Å². The van der Waals surface area contributed by atoms with Crippen LogP contribution in [0.5, 0.6) is 0 Å². The van der Waals surface area contributed by atoms with Crippen molar-refractivity contribution in [1.29, 1.82) is 0 Å². The van der Waals surface area contributed by atoms with E-state index in [4.69, 9.17) is 9.47 Å². The van der Waals surface area contributed by atoms with Gasteiger partial charge in [0.15, 0.2) is 6.29 Å².